The van der Waals surface area contributed by atoms with Crippen LogP contribution < -0.4 is 4.74 Å². The van der Waals surface area contributed by atoms with E-state index in [1.165, 1.54) is 16.7 Å². The van der Waals surface area contributed by atoms with Crippen LogP contribution in [0.15, 0.2) is 36.4 Å². The Kier molecular flexibility index (Phi) is 2.71. The second-order valence-electron chi connectivity index (χ2n) is 5.71. The number of ether oxygens (including phenoxy) is 1. The van der Waals surface area contributed by atoms with E-state index in [1.54, 1.807) is 6.92 Å². The van der Waals surface area contributed by atoms with Crippen molar-refractivity contribution in [1.82, 2.24) is 0 Å². The summed E-state index contributed by atoms with van der Waals surface area (Å²) in [4.78, 5) is 11.5. The number of ketones is 1. The maximum absolute atomic E-state index is 11.5. The molecule has 1 heterocycles. The lowest BCUT2D eigenvalue weighted by molar-refractivity contribution is 0.101. The molecule has 21 heavy (non-hydrogen) atoms. The molecule has 2 aliphatic rings. The average molecular weight is 276 g/mol. The molecule has 0 fully saturated rings. The van der Waals surface area contributed by atoms with Crippen molar-refractivity contribution in [2.75, 3.05) is 0 Å². The van der Waals surface area contributed by atoms with Crippen LogP contribution in [0.4, 0.5) is 0 Å². The van der Waals surface area contributed by atoms with Crippen molar-refractivity contribution in [3.63, 3.8) is 0 Å². The summed E-state index contributed by atoms with van der Waals surface area (Å²) in [5.41, 5.74) is 6.84. The highest BCUT2D eigenvalue weighted by Gasteiger charge is 2.20. The van der Waals surface area contributed by atoms with Crippen LogP contribution in [0.25, 0.3) is 17.2 Å². The van der Waals surface area contributed by atoms with Crippen LogP contribution in [0.3, 0.4) is 0 Å². The average Bonchev–Trinajstić information content (AvgIpc) is 2.52. The van der Waals surface area contributed by atoms with E-state index in [0.717, 1.165) is 35.3 Å². The predicted octanol–water partition coefficient (Wildman–Crippen LogP) is 4.41. The smallest absolute Gasteiger partial charge is 0.159 e. The normalized spacial score (nSPS) is 14.7. The van der Waals surface area contributed by atoms with Gasteiger partial charge in [0.25, 0.3) is 0 Å². The first-order chi connectivity index (χ1) is 10.2. The van der Waals surface area contributed by atoms with Gasteiger partial charge in [-0.2, -0.15) is 0 Å². The number of fused-ring (bicyclic) bond motifs is 4. The fourth-order valence-corrected chi connectivity index (χ4v) is 3.14. The van der Waals surface area contributed by atoms with Crippen LogP contribution in [0.1, 0.15) is 40.4 Å². The van der Waals surface area contributed by atoms with Crippen molar-refractivity contribution in [3.8, 4) is 16.9 Å². The van der Waals surface area contributed by atoms with Gasteiger partial charge in [-0.1, -0.05) is 24.3 Å². The molecule has 2 heteroatoms. The van der Waals surface area contributed by atoms with Gasteiger partial charge in [0, 0.05) is 11.1 Å². The van der Waals surface area contributed by atoms with Gasteiger partial charge >= 0.3 is 0 Å². The van der Waals surface area contributed by atoms with E-state index in [4.69, 9.17) is 4.74 Å². The van der Waals surface area contributed by atoms with E-state index in [9.17, 15) is 4.79 Å². The topological polar surface area (TPSA) is 26.3 Å². The van der Waals surface area contributed by atoms with Crippen LogP contribution in [0, 0.1) is 0 Å². The standard InChI is InChI=1S/C19H16O2/c1-12(20)13-6-7-17-16(8-13)11-21-19-10-15-5-3-2-4-14(15)9-18(17)19/h3,5-10H,2,4,11H2,1H3. The highest BCUT2D eigenvalue weighted by Crippen LogP contribution is 2.40. The lowest BCUT2D eigenvalue weighted by Crippen LogP contribution is -2.08. The Morgan fingerprint density at radius 3 is 2.86 bits per heavy atom. The van der Waals surface area contributed by atoms with E-state index in [1.807, 2.05) is 12.1 Å². The molecule has 4 rings (SSSR count). The molecule has 0 aromatic heterocycles. The van der Waals surface area contributed by atoms with E-state index in [2.05, 4.69) is 30.4 Å². The third-order valence-electron chi connectivity index (χ3n) is 4.30. The van der Waals surface area contributed by atoms with Gasteiger partial charge in [-0.15, -0.1) is 0 Å². The molecule has 2 aromatic carbocycles. The molecule has 2 aromatic rings. The third kappa shape index (κ3) is 1.99. The molecule has 2 nitrogen and oxygen atoms in total. The summed E-state index contributed by atoms with van der Waals surface area (Å²) in [6.45, 7) is 2.13. The summed E-state index contributed by atoms with van der Waals surface area (Å²) < 4.78 is 5.91. The van der Waals surface area contributed by atoms with Crippen molar-refractivity contribution < 1.29 is 9.53 Å². The second kappa shape index (κ2) is 4.59. The summed E-state index contributed by atoms with van der Waals surface area (Å²) in [6.07, 6.45) is 6.57. The maximum Gasteiger partial charge on any atom is 0.159 e. The zero-order valence-corrected chi connectivity index (χ0v) is 12.0. The van der Waals surface area contributed by atoms with Gasteiger partial charge in [0.2, 0.25) is 0 Å². The van der Waals surface area contributed by atoms with Gasteiger partial charge in [-0.3, -0.25) is 4.79 Å². The quantitative estimate of drug-likeness (QED) is 0.721. The highest BCUT2D eigenvalue weighted by molar-refractivity contribution is 5.95. The third-order valence-corrected chi connectivity index (χ3v) is 4.30. The van der Waals surface area contributed by atoms with Crippen LogP contribution in [-0.4, -0.2) is 5.78 Å². The van der Waals surface area contributed by atoms with Gasteiger partial charge < -0.3 is 4.74 Å². The number of benzene rings is 2. The fraction of sp³-hybridized carbons (Fsp3) is 0.211. The molecule has 0 N–H and O–H groups in total. The molecule has 1 aliphatic carbocycles. The number of allylic oxidation sites excluding steroid dienone is 1. The Balaban J connectivity index is 1.88. The van der Waals surface area contributed by atoms with Crippen molar-refractivity contribution >= 4 is 11.9 Å². The first-order valence-corrected chi connectivity index (χ1v) is 7.33. The molecule has 0 radical (unpaired) electrons. The van der Waals surface area contributed by atoms with Gasteiger partial charge in [0.05, 0.1) is 0 Å². The van der Waals surface area contributed by atoms with Crippen molar-refractivity contribution in [2.45, 2.75) is 26.4 Å². The highest BCUT2D eigenvalue weighted by atomic mass is 16.5. The molecule has 0 amide bonds. The Labute approximate surface area is 124 Å². The Hall–Kier alpha value is -2.35. The molecule has 0 atom stereocenters. The molecule has 1 aliphatic heterocycles. The van der Waals surface area contributed by atoms with E-state index in [-0.39, 0.29) is 5.78 Å². The number of hydrogen-bond donors (Lipinski definition) is 0. The van der Waals surface area contributed by atoms with Crippen LogP contribution in [0.5, 0.6) is 5.75 Å². The first-order valence-electron chi connectivity index (χ1n) is 7.33. The number of Topliss-reactive ketones (excluding diaryl/α,β-unsaturated/α-hetero) is 1. The van der Waals surface area contributed by atoms with Crippen molar-refractivity contribution in [2.24, 2.45) is 0 Å². The minimum absolute atomic E-state index is 0.0965. The molecule has 0 unspecified atom stereocenters. The molecular weight excluding hydrogens is 260 g/mol. The predicted molar refractivity (Wildman–Crippen MR) is 83.6 cm³/mol. The Bertz CT molecular complexity index is 784. The fourth-order valence-electron chi connectivity index (χ4n) is 3.14. The van der Waals surface area contributed by atoms with Gasteiger partial charge in [0.1, 0.15) is 12.4 Å². The maximum atomic E-state index is 11.5. The Morgan fingerprint density at radius 1 is 1.10 bits per heavy atom. The number of carbonyl (C=O) groups excluding carboxylic acids is 1. The van der Waals surface area contributed by atoms with E-state index >= 15 is 0 Å². The molecule has 0 saturated carbocycles. The minimum atomic E-state index is 0.0965. The second-order valence-corrected chi connectivity index (χ2v) is 5.71. The Morgan fingerprint density at radius 2 is 2.00 bits per heavy atom. The molecule has 0 saturated heterocycles. The van der Waals surface area contributed by atoms with Gasteiger partial charge in [0.15, 0.2) is 5.78 Å². The summed E-state index contributed by atoms with van der Waals surface area (Å²) in [5.74, 6) is 1.04. The van der Waals surface area contributed by atoms with Crippen LogP contribution in [0.2, 0.25) is 0 Å². The SMILES string of the molecule is CC(=O)c1ccc2c(c1)COc1cc3c(cc1-2)CCC=C3. The lowest BCUT2D eigenvalue weighted by atomic mass is 9.89. The number of rotatable bonds is 1. The first kappa shape index (κ1) is 12.4. The van der Waals surface area contributed by atoms with E-state index in [0.29, 0.717) is 6.61 Å². The van der Waals surface area contributed by atoms with Gasteiger partial charge in [-0.05, 0) is 60.2 Å². The zero-order valence-electron chi connectivity index (χ0n) is 12.0. The van der Waals surface area contributed by atoms with Crippen molar-refractivity contribution in [1.29, 1.82) is 0 Å². The lowest BCUT2D eigenvalue weighted by Gasteiger charge is -2.24. The van der Waals surface area contributed by atoms with Crippen molar-refractivity contribution in [3.05, 3.63) is 58.7 Å². The van der Waals surface area contributed by atoms with E-state index < -0.39 is 0 Å². The zero-order chi connectivity index (χ0) is 14.4. The molecule has 0 spiro atoms. The summed E-state index contributed by atoms with van der Waals surface area (Å²) in [6, 6.07) is 10.3. The largest absolute Gasteiger partial charge is 0.488 e. The van der Waals surface area contributed by atoms with Gasteiger partial charge in [-0.25, -0.2) is 0 Å². The summed E-state index contributed by atoms with van der Waals surface area (Å²) in [7, 11) is 0. The number of carbonyl (C=O) groups is 1. The molecule has 0 bridgehead atoms. The number of aryl methyl sites for hydroxylation is 1. The summed E-state index contributed by atoms with van der Waals surface area (Å²) in [5, 5.41) is 0. The molecular formula is C19H16O2. The monoisotopic (exact) mass is 276 g/mol. The van der Waals surface area contributed by atoms with Crippen LogP contribution >= 0.6 is 0 Å². The summed E-state index contributed by atoms with van der Waals surface area (Å²) >= 11 is 0. The number of hydrogen-bond acceptors (Lipinski definition) is 2. The minimum Gasteiger partial charge on any atom is -0.488 e. The molecule has 104 valence electrons. The van der Waals surface area contributed by atoms with Crippen LogP contribution in [-0.2, 0) is 13.0 Å².